The summed E-state index contributed by atoms with van der Waals surface area (Å²) in [7, 11) is 8.62. The van der Waals surface area contributed by atoms with Gasteiger partial charge in [-0.05, 0) is 101 Å². The molecule has 22 nitrogen and oxygen atoms in total. The van der Waals surface area contributed by atoms with Crippen molar-refractivity contribution in [1.29, 1.82) is 0 Å². The van der Waals surface area contributed by atoms with Gasteiger partial charge >= 0.3 is 6.18 Å². The van der Waals surface area contributed by atoms with E-state index in [-0.39, 0.29) is 64.0 Å². The molecular weight excluding hydrogens is 1190 g/mol. The lowest BCUT2D eigenvalue weighted by atomic mass is 9.84. The van der Waals surface area contributed by atoms with Gasteiger partial charge in [0.05, 0.1) is 30.2 Å². The first kappa shape index (κ1) is 74.2. The number of hydrogen-bond donors (Lipinski definition) is 3. The number of nitrogens with zero attached hydrogens (tertiary/aromatic N) is 8. The highest BCUT2D eigenvalue weighted by molar-refractivity contribution is 6.31. The summed E-state index contributed by atoms with van der Waals surface area (Å²) < 4.78 is 41.3. The number of carbonyl (C=O) groups excluding carboxylic acids is 11. The molecule has 4 aliphatic rings. The van der Waals surface area contributed by atoms with Crippen LogP contribution in [0, 0.1) is 17.8 Å². The fourth-order valence-corrected chi connectivity index (χ4v) is 13.4. The Morgan fingerprint density at radius 1 is 0.678 bits per heavy atom. The maximum atomic E-state index is 15.1. The normalized spacial score (nSPS) is 26.4. The van der Waals surface area contributed by atoms with E-state index < -0.39 is 161 Å². The number of carbonyl (C=O) groups is 11. The van der Waals surface area contributed by atoms with Crippen molar-refractivity contribution in [3.05, 3.63) is 34.3 Å². The van der Waals surface area contributed by atoms with E-state index >= 15 is 9.59 Å². The van der Waals surface area contributed by atoms with Crippen LogP contribution < -0.4 is 16.0 Å². The predicted octanol–water partition coefficient (Wildman–Crippen LogP) is 5.26. The number of amides is 11. The quantitative estimate of drug-likeness (QED) is 0.273. The molecule has 1 unspecified atom stereocenters. The summed E-state index contributed by atoms with van der Waals surface area (Å²) in [4.78, 5) is 170. The van der Waals surface area contributed by atoms with Crippen molar-refractivity contribution < 1.29 is 65.9 Å². The van der Waals surface area contributed by atoms with Gasteiger partial charge in [0.25, 0.3) is 0 Å². The largest absolute Gasteiger partial charge is 0.417 e. The van der Waals surface area contributed by atoms with Gasteiger partial charge in [-0.3, -0.25) is 52.7 Å². The van der Waals surface area contributed by atoms with Gasteiger partial charge in [-0.2, -0.15) is 13.2 Å². The molecule has 4 fully saturated rings. The minimum absolute atomic E-state index is 0.0351. The molecule has 11 amide bonds. The summed E-state index contributed by atoms with van der Waals surface area (Å²) in [6, 6.07) is -4.52. The first-order valence-electron chi connectivity index (χ1n) is 32.1. The molecule has 504 valence electrons. The Morgan fingerprint density at radius 2 is 1.30 bits per heavy atom. The molecule has 2 aliphatic carbocycles. The predicted molar refractivity (Wildman–Crippen MR) is 333 cm³/mol. The minimum atomic E-state index is -4.74. The molecular formula is C64H99ClF3N11O11. The summed E-state index contributed by atoms with van der Waals surface area (Å²) in [5, 5.41) is 8.05. The Hall–Kier alpha value is -6.53. The van der Waals surface area contributed by atoms with Crippen LogP contribution in [0.25, 0.3) is 0 Å². The van der Waals surface area contributed by atoms with Crippen molar-refractivity contribution in [2.75, 3.05) is 75.0 Å². The lowest BCUT2D eigenvalue weighted by molar-refractivity contribution is -0.152. The number of benzene rings is 1. The average molecular weight is 1290 g/mol. The zero-order valence-corrected chi connectivity index (χ0v) is 55.9. The van der Waals surface area contributed by atoms with Crippen LogP contribution in [0.4, 0.5) is 13.2 Å². The van der Waals surface area contributed by atoms with E-state index in [0.29, 0.717) is 37.7 Å². The summed E-state index contributed by atoms with van der Waals surface area (Å²) in [6.45, 7) is 10.8. The highest BCUT2D eigenvalue weighted by Crippen LogP contribution is 2.37. The second kappa shape index (κ2) is 32.7. The molecule has 0 bridgehead atoms. The molecule has 2 saturated heterocycles. The van der Waals surface area contributed by atoms with Crippen LogP contribution in [0.3, 0.4) is 0 Å². The van der Waals surface area contributed by atoms with Crippen LogP contribution in [0.15, 0.2) is 18.2 Å². The molecule has 8 atom stereocenters. The molecule has 1 spiro atoms. The van der Waals surface area contributed by atoms with Crippen molar-refractivity contribution in [3.8, 4) is 0 Å². The monoisotopic (exact) mass is 1290 g/mol. The lowest BCUT2D eigenvalue weighted by Gasteiger charge is -2.41. The summed E-state index contributed by atoms with van der Waals surface area (Å²) in [5.41, 5.74) is -2.24. The van der Waals surface area contributed by atoms with Crippen LogP contribution >= 0.6 is 11.6 Å². The van der Waals surface area contributed by atoms with E-state index in [1.54, 1.807) is 34.6 Å². The number of alkyl halides is 3. The van der Waals surface area contributed by atoms with E-state index in [1.165, 1.54) is 72.9 Å². The highest BCUT2D eigenvalue weighted by atomic mass is 35.5. The van der Waals surface area contributed by atoms with Crippen molar-refractivity contribution in [3.63, 3.8) is 0 Å². The Balaban J connectivity index is 1.55. The number of fused-ring (bicyclic) bond motifs is 1. The molecule has 1 aromatic carbocycles. The fourth-order valence-electron chi connectivity index (χ4n) is 13.0. The van der Waals surface area contributed by atoms with E-state index in [9.17, 15) is 56.3 Å². The van der Waals surface area contributed by atoms with Gasteiger partial charge in [0.15, 0.2) is 0 Å². The number of likely N-dealkylation sites (N-methyl/N-ethyl adjacent to an activating group) is 6. The topological polar surface area (TPSA) is 250 Å². The molecule has 0 aromatic heterocycles. The van der Waals surface area contributed by atoms with Gasteiger partial charge in [-0.25, -0.2) is 0 Å². The first-order chi connectivity index (χ1) is 42.2. The molecule has 2 aliphatic heterocycles. The van der Waals surface area contributed by atoms with Gasteiger partial charge in [-0.1, -0.05) is 104 Å². The zero-order valence-electron chi connectivity index (χ0n) is 55.1. The Bertz CT molecular complexity index is 2760. The summed E-state index contributed by atoms with van der Waals surface area (Å²) >= 11 is 6.11. The van der Waals surface area contributed by atoms with Gasteiger partial charge < -0.3 is 55.1 Å². The average Bonchev–Trinajstić information content (AvgIpc) is 2.37. The van der Waals surface area contributed by atoms with Crippen LogP contribution in [0.2, 0.25) is 5.02 Å². The number of hydrogen-bond acceptors (Lipinski definition) is 11. The number of rotatable bonds is 10. The van der Waals surface area contributed by atoms with Crippen molar-refractivity contribution in [2.24, 2.45) is 17.8 Å². The van der Waals surface area contributed by atoms with Gasteiger partial charge in [0, 0.05) is 67.8 Å². The second-order valence-electron chi connectivity index (χ2n) is 26.1. The van der Waals surface area contributed by atoms with E-state index in [1.807, 2.05) is 13.8 Å². The molecule has 26 heteroatoms. The van der Waals surface area contributed by atoms with E-state index in [2.05, 4.69) is 16.0 Å². The van der Waals surface area contributed by atoms with Crippen molar-refractivity contribution >= 4 is 76.6 Å². The number of aryl methyl sites for hydroxylation is 1. The molecule has 2 heterocycles. The van der Waals surface area contributed by atoms with Crippen LogP contribution in [-0.4, -0.2) is 227 Å². The third-order valence-corrected chi connectivity index (χ3v) is 19.3. The Kier molecular flexibility index (Phi) is 26.9. The number of halogens is 4. The van der Waals surface area contributed by atoms with E-state index in [0.717, 1.165) is 58.9 Å². The van der Waals surface area contributed by atoms with Crippen LogP contribution in [-0.2, 0) is 65.3 Å². The molecule has 90 heavy (non-hydrogen) atoms. The SMILES string of the molecule is CCCN1C(=O)C[C@@H](C)N(C)C(=O)[C@H](C(C)C)N(C)C(=O)C2(CCCC2)NC(=O)C2CCCN2C(=O)[C@H](CCc2ccc(C(F)(F)F)c(Cl)c2)NC(=O)CN(C)C(=O)[C@H](CC2CCCCC2)N(C)C(=O)CN(C)C(=O)CN(C)C(=O)[C@H]([C@@H](C)CC)NC(=O)[C@@H]1C. The number of nitrogens with one attached hydrogen (secondary N) is 3. The molecule has 1 aromatic rings. The molecule has 3 N–H and O–H groups in total. The standard InChI is InChI=1S/C64H99ClF3N11O11/c1-14-31-78-42(7)56(84)70-54(40(5)15-2)60(88)74(10)37-52(82)72(8)38-53(83)76(12)49(35-43-22-17-16-18-23-43)59(87)73(9)36-50(80)69-47(28-26-44-25-27-45(46(65)34-44)64(66,67)68)58(86)79-32-21-24-48(79)57(85)71-63(29-19-20-30-63)62(90)77(13)55(39(3)4)61(89)75(11)41(6)33-51(78)81/h25,27,34,39-43,47-49,54-55H,14-24,26,28-33,35-38H2,1-13H3,(H,69,80)(H,70,84)(H,71,85)/t40-,41+,42-,47-,48?,49-,54-,55-/m0/s1. The molecule has 0 radical (unpaired) electrons. The van der Waals surface area contributed by atoms with Gasteiger partial charge in [0.1, 0.15) is 41.8 Å². The van der Waals surface area contributed by atoms with Crippen molar-refractivity contribution in [1.82, 2.24) is 55.1 Å². The smallest absolute Gasteiger partial charge is 0.343 e. The summed E-state index contributed by atoms with van der Waals surface area (Å²) in [5.74, 6) is -7.55. The Morgan fingerprint density at radius 3 is 1.89 bits per heavy atom. The van der Waals surface area contributed by atoms with Crippen LogP contribution in [0.5, 0.6) is 0 Å². The third kappa shape index (κ3) is 18.6. The maximum absolute atomic E-state index is 15.1. The maximum Gasteiger partial charge on any atom is 0.417 e. The van der Waals surface area contributed by atoms with E-state index in [4.69, 9.17) is 11.6 Å². The van der Waals surface area contributed by atoms with Crippen molar-refractivity contribution in [2.45, 2.75) is 212 Å². The minimum Gasteiger partial charge on any atom is -0.343 e. The van der Waals surface area contributed by atoms with Crippen LogP contribution in [0.1, 0.15) is 162 Å². The summed E-state index contributed by atoms with van der Waals surface area (Å²) in [6.07, 6.45) is 2.38. The molecule has 2 saturated carbocycles. The Labute approximate surface area is 534 Å². The highest BCUT2D eigenvalue weighted by Gasteiger charge is 2.50. The fraction of sp³-hybridized carbons (Fsp3) is 0.734. The first-order valence-corrected chi connectivity index (χ1v) is 32.5. The molecule has 5 rings (SSSR count). The third-order valence-electron chi connectivity index (χ3n) is 19.0. The van der Waals surface area contributed by atoms with Gasteiger partial charge in [-0.15, -0.1) is 0 Å². The zero-order chi connectivity index (χ0) is 67.3. The van der Waals surface area contributed by atoms with Gasteiger partial charge in [0.2, 0.25) is 65.0 Å². The lowest BCUT2D eigenvalue weighted by Crippen LogP contribution is -2.64. The second-order valence-corrected chi connectivity index (χ2v) is 26.5.